The third-order valence-corrected chi connectivity index (χ3v) is 29.6. The fourth-order valence-electron chi connectivity index (χ4n) is 22.4. The molecular weight excluding hydrogens is 1510 g/mol. The highest BCUT2D eigenvalue weighted by atomic mass is 16.5. The van der Waals surface area contributed by atoms with Gasteiger partial charge >= 0.3 is 0 Å². The molecule has 0 aliphatic heterocycles. The van der Waals surface area contributed by atoms with Crippen LogP contribution in [-0.2, 0) is 16.2 Å². The normalized spacial score (nSPS) is 13.6. The third-order valence-electron chi connectivity index (χ3n) is 29.6. The number of hydrogen-bond donors (Lipinski definition) is 0. The second-order valence-corrected chi connectivity index (χ2v) is 38.5. The first kappa shape index (κ1) is 92.3. The Balaban J connectivity index is 0.894. The van der Waals surface area contributed by atoms with Gasteiger partial charge in [-0.15, -0.1) is 10.2 Å². The molecule has 3 aliphatic carbocycles. The monoisotopic (exact) mass is 1670 g/mol. The van der Waals surface area contributed by atoms with Gasteiger partial charge in [-0.05, 0) is 234 Å². The first-order chi connectivity index (χ1) is 61.7. The summed E-state index contributed by atoms with van der Waals surface area (Å²) < 4.78 is 13.5. The van der Waals surface area contributed by atoms with Gasteiger partial charge in [0.25, 0.3) is 0 Å². The Labute approximate surface area is 757 Å². The van der Waals surface area contributed by atoms with E-state index in [0.717, 1.165) is 61.2 Å². The molecule has 125 heavy (non-hydrogen) atoms. The Morgan fingerprint density at radius 3 is 0.752 bits per heavy atom. The van der Waals surface area contributed by atoms with Gasteiger partial charge in [0.1, 0.15) is 5.75 Å². The highest BCUT2D eigenvalue weighted by molar-refractivity contribution is 5.93. The summed E-state index contributed by atoms with van der Waals surface area (Å²) >= 11 is 0. The Hall–Kier alpha value is -8.86. The third kappa shape index (κ3) is 22.5. The van der Waals surface area contributed by atoms with Crippen molar-refractivity contribution in [1.82, 2.24) is 10.2 Å². The largest absolute Gasteiger partial charge is 0.494 e. The van der Waals surface area contributed by atoms with Crippen molar-refractivity contribution in [2.75, 3.05) is 6.61 Å². The van der Waals surface area contributed by atoms with Crippen LogP contribution in [0.1, 0.15) is 390 Å². The molecular formula is C121H154N2O2. The number of rotatable bonds is 57. The zero-order valence-corrected chi connectivity index (χ0v) is 78.6. The molecule has 10 aromatic carbocycles. The summed E-state index contributed by atoms with van der Waals surface area (Å²) in [6.07, 6.45) is 60.6. The summed E-state index contributed by atoms with van der Waals surface area (Å²) in [5.74, 6) is 1.93. The molecule has 660 valence electrons. The SMILES string of the molecule is CCCCCCCCOc1ccc(-c2nnc(-c3cc(-c4ccc5c(c4)C(CCCCCCCC)(CCCCCCCC)c4cc(-c6ccccc6)ccc4-5)ccc3-c3ccc4c(c3)C(CCCCCCCC)(CCCCCCCC)c3cc(-c5ccc6c(c5)C(CCCCCCCC)(CCCCCCCC)c5cc(-c7ccccc7)ccc5-6)ccc3-4)o2)cc1. The summed E-state index contributed by atoms with van der Waals surface area (Å²) in [7, 11) is 0. The van der Waals surface area contributed by atoms with Crippen LogP contribution in [0.3, 0.4) is 0 Å². The zero-order valence-electron chi connectivity index (χ0n) is 78.6. The van der Waals surface area contributed by atoms with Crippen LogP contribution in [0, 0.1) is 0 Å². The maximum atomic E-state index is 7.17. The number of unbranched alkanes of at least 4 members (excludes halogenated alkanes) is 35. The van der Waals surface area contributed by atoms with E-state index < -0.39 is 0 Å². The van der Waals surface area contributed by atoms with Crippen LogP contribution in [0.15, 0.2) is 217 Å². The Morgan fingerprint density at radius 2 is 0.440 bits per heavy atom. The number of hydrogen-bond acceptors (Lipinski definition) is 4. The van der Waals surface area contributed by atoms with Crippen molar-refractivity contribution in [2.45, 2.75) is 373 Å². The van der Waals surface area contributed by atoms with Gasteiger partial charge < -0.3 is 9.15 Å². The number of nitrogens with zero attached hydrogens (tertiary/aromatic N) is 2. The molecule has 1 heterocycles. The standard InChI is InChI=1S/C121H154N2O2/c1-8-15-22-29-36-49-78-119(79-50-37-30-23-16-9-2)111-86-96(92-56-45-43-46-57-92)63-72-104(111)106-74-65-98(88-113(106)119)95-62-71-103(110(85-95)118-123-122-117(125-118)94-60-69-102(70-61-94)124-84-55-42-35-28-21-14-7)101-68-77-109-108-76-67-100(90-115(108)121(116(109)91-101,82-53-40-33-26-19-12-5)83-54-41-34-27-20-13-6)99-66-75-107-105-73-64-97(93-58-47-44-48-59-93)87-112(105)120(114(107)89-99,80-51-38-31-24-17-10-3)81-52-39-32-25-18-11-4/h43-48,56-77,85-91H,8-42,49-55,78-84H2,1-7H3. The quantitative estimate of drug-likeness (QED) is 0.0357. The van der Waals surface area contributed by atoms with E-state index in [9.17, 15) is 0 Å². The predicted molar refractivity (Wildman–Crippen MR) is 538 cm³/mol. The molecule has 0 amide bonds. The topological polar surface area (TPSA) is 48.2 Å². The highest BCUT2D eigenvalue weighted by Crippen LogP contribution is 2.61. The smallest absolute Gasteiger partial charge is 0.248 e. The molecule has 3 aliphatic rings. The van der Waals surface area contributed by atoms with Crippen LogP contribution < -0.4 is 4.74 Å². The van der Waals surface area contributed by atoms with Gasteiger partial charge in [-0.2, -0.15) is 0 Å². The van der Waals surface area contributed by atoms with Gasteiger partial charge in [0.15, 0.2) is 0 Å². The molecule has 4 nitrogen and oxygen atoms in total. The first-order valence-electron chi connectivity index (χ1n) is 51.4. The number of ether oxygens (including phenoxy) is 1. The minimum atomic E-state index is -0.198. The zero-order chi connectivity index (χ0) is 86.3. The molecule has 4 heteroatoms. The summed E-state index contributed by atoms with van der Waals surface area (Å²) in [4.78, 5) is 0. The van der Waals surface area contributed by atoms with E-state index in [1.807, 2.05) is 0 Å². The lowest BCUT2D eigenvalue weighted by Gasteiger charge is -2.34. The Kier molecular flexibility index (Phi) is 34.9. The van der Waals surface area contributed by atoms with Gasteiger partial charge in [0.2, 0.25) is 11.8 Å². The molecule has 0 N–H and O–H groups in total. The number of aromatic nitrogens is 2. The fourth-order valence-corrected chi connectivity index (χ4v) is 22.4. The van der Waals surface area contributed by atoms with Crippen molar-refractivity contribution < 1.29 is 9.15 Å². The van der Waals surface area contributed by atoms with Crippen LogP contribution in [0.5, 0.6) is 5.75 Å². The first-order valence-corrected chi connectivity index (χ1v) is 51.4. The summed E-state index contributed by atoms with van der Waals surface area (Å²) in [6, 6.07) is 84.0. The molecule has 0 fully saturated rings. The van der Waals surface area contributed by atoms with Gasteiger partial charge in [0.05, 0.1) is 6.61 Å². The van der Waals surface area contributed by atoms with Crippen molar-refractivity contribution >= 4 is 0 Å². The lowest BCUT2D eigenvalue weighted by Crippen LogP contribution is -2.26. The van der Waals surface area contributed by atoms with Crippen LogP contribution >= 0.6 is 0 Å². The summed E-state index contributed by atoms with van der Waals surface area (Å²) in [5.41, 5.74) is 32.0. The average Bonchev–Trinajstić information content (AvgIpc) is 1.57. The van der Waals surface area contributed by atoms with Crippen LogP contribution in [0.4, 0.5) is 0 Å². The molecule has 1 aromatic heterocycles. The van der Waals surface area contributed by atoms with E-state index >= 15 is 0 Å². The van der Waals surface area contributed by atoms with Gasteiger partial charge in [-0.25, -0.2) is 0 Å². The van der Waals surface area contributed by atoms with E-state index in [2.05, 4.69) is 261 Å². The Bertz CT molecular complexity index is 5060. The lowest BCUT2D eigenvalue weighted by molar-refractivity contribution is 0.304. The van der Waals surface area contributed by atoms with Crippen LogP contribution in [-0.4, -0.2) is 16.8 Å². The van der Waals surface area contributed by atoms with Crippen molar-refractivity contribution in [2.24, 2.45) is 0 Å². The Morgan fingerprint density at radius 1 is 0.200 bits per heavy atom. The van der Waals surface area contributed by atoms with Crippen molar-refractivity contribution in [3.05, 3.63) is 246 Å². The molecule has 0 bridgehead atoms. The molecule has 0 unspecified atom stereocenters. The van der Waals surface area contributed by atoms with Crippen molar-refractivity contribution in [3.63, 3.8) is 0 Å². The number of fused-ring (bicyclic) bond motifs is 9. The van der Waals surface area contributed by atoms with Crippen molar-refractivity contribution in [3.8, 4) is 118 Å². The summed E-state index contributed by atoms with van der Waals surface area (Å²) in [5, 5.41) is 10.1. The minimum Gasteiger partial charge on any atom is -0.494 e. The van der Waals surface area contributed by atoms with Crippen LogP contribution in [0.25, 0.3) is 112 Å². The van der Waals surface area contributed by atoms with E-state index in [-0.39, 0.29) is 16.2 Å². The fraction of sp³-hybridized carbons (Fsp3) is 0.488. The second-order valence-electron chi connectivity index (χ2n) is 38.5. The molecule has 0 saturated carbocycles. The molecule has 0 atom stereocenters. The van der Waals surface area contributed by atoms with Crippen molar-refractivity contribution in [1.29, 1.82) is 0 Å². The van der Waals surface area contributed by atoms with E-state index in [1.54, 1.807) is 16.7 Å². The predicted octanol–water partition coefficient (Wildman–Crippen LogP) is 37.8. The van der Waals surface area contributed by atoms with E-state index in [0.29, 0.717) is 11.8 Å². The number of benzene rings is 10. The van der Waals surface area contributed by atoms with E-state index in [4.69, 9.17) is 19.4 Å². The maximum absolute atomic E-state index is 7.17. The van der Waals surface area contributed by atoms with Gasteiger partial charge in [-0.1, -0.05) is 457 Å². The molecule has 14 rings (SSSR count). The average molecular weight is 1670 g/mol. The van der Waals surface area contributed by atoms with Gasteiger partial charge in [-0.3, -0.25) is 0 Å². The molecule has 0 spiro atoms. The second kappa shape index (κ2) is 47.3. The van der Waals surface area contributed by atoms with Gasteiger partial charge in [0, 0.05) is 27.4 Å². The molecule has 0 radical (unpaired) electrons. The minimum absolute atomic E-state index is 0.0653. The lowest BCUT2D eigenvalue weighted by atomic mass is 9.69. The molecule has 11 aromatic rings. The maximum Gasteiger partial charge on any atom is 0.248 e. The van der Waals surface area contributed by atoms with E-state index in [1.165, 1.54) is 376 Å². The van der Waals surface area contributed by atoms with Crippen LogP contribution in [0.2, 0.25) is 0 Å². The highest BCUT2D eigenvalue weighted by Gasteiger charge is 2.47. The summed E-state index contributed by atoms with van der Waals surface area (Å²) in [6.45, 7) is 17.1. The molecule has 0 saturated heterocycles.